The van der Waals surface area contributed by atoms with Crippen molar-refractivity contribution in [3.05, 3.63) is 59.7 Å². The van der Waals surface area contributed by atoms with Crippen molar-refractivity contribution in [1.29, 1.82) is 5.26 Å². The van der Waals surface area contributed by atoms with Crippen molar-refractivity contribution in [2.75, 3.05) is 12.4 Å². The molecule has 25 heavy (non-hydrogen) atoms. The van der Waals surface area contributed by atoms with E-state index in [0.29, 0.717) is 0 Å². The topological polar surface area (TPSA) is 86.1 Å². The van der Waals surface area contributed by atoms with Crippen LogP contribution in [0.5, 0.6) is 0 Å². The van der Waals surface area contributed by atoms with Crippen LogP contribution in [0.3, 0.4) is 0 Å². The fourth-order valence-electron chi connectivity index (χ4n) is 3.08. The Balaban J connectivity index is 1.90. The van der Waals surface area contributed by atoms with Crippen LogP contribution >= 0.6 is 0 Å². The van der Waals surface area contributed by atoms with Crippen molar-refractivity contribution in [3.63, 3.8) is 0 Å². The number of hydrogen-bond donors (Lipinski definition) is 1. The van der Waals surface area contributed by atoms with E-state index in [9.17, 15) is 14.0 Å². The molecule has 0 aliphatic carbocycles. The number of pyridine rings is 1. The maximum atomic E-state index is 13.7. The van der Waals surface area contributed by atoms with E-state index in [1.165, 1.54) is 17.0 Å². The maximum Gasteiger partial charge on any atom is 0.230 e. The zero-order chi connectivity index (χ0) is 18.0. The van der Waals surface area contributed by atoms with Crippen molar-refractivity contribution < 1.29 is 14.0 Å². The Bertz CT molecular complexity index is 863. The lowest BCUT2D eigenvalue weighted by molar-refractivity contribution is -0.127. The summed E-state index contributed by atoms with van der Waals surface area (Å²) in [6.45, 7) is 0. The van der Waals surface area contributed by atoms with Crippen LogP contribution in [0.2, 0.25) is 0 Å². The van der Waals surface area contributed by atoms with Gasteiger partial charge < -0.3 is 10.2 Å². The Morgan fingerprint density at radius 3 is 2.88 bits per heavy atom. The van der Waals surface area contributed by atoms with Crippen molar-refractivity contribution in [2.24, 2.45) is 5.92 Å². The third-order valence-electron chi connectivity index (χ3n) is 4.33. The number of amides is 2. The van der Waals surface area contributed by atoms with Gasteiger partial charge in [-0.1, -0.05) is 12.1 Å². The van der Waals surface area contributed by atoms with E-state index >= 15 is 0 Å². The average Bonchev–Trinajstić information content (AvgIpc) is 2.91. The minimum atomic E-state index is -0.705. The van der Waals surface area contributed by atoms with Gasteiger partial charge in [0.2, 0.25) is 11.8 Å². The van der Waals surface area contributed by atoms with Crippen molar-refractivity contribution >= 4 is 17.5 Å². The summed E-state index contributed by atoms with van der Waals surface area (Å²) in [6.07, 6.45) is 3.27. The smallest absolute Gasteiger partial charge is 0.230 e. The number of nitrogens with zero attached hydrogens (tertiary/aromatic N) is 3. The standard InChI is InChI=1S/C18H15FN4O2/c1-23-16(24)8-12(17(23)11-4-3-7-21-10-11)18(25)22-15-6-2-5-14(19)13(15)9-20/h2-7,10,12,17H,8H2,1H3,(H,22,25)/t12-,17-/m1/s1. The molecule has 1 aromatic carbocycles. The Hall–Kier alpha value is -3.27. The molecule has 2 aromatic rings. The normalized spacial score (nSPS) is 19.6. The van der Waals surface area contributed by atoms with Crippen LogP contribution < -0.4 is 5.32 Å². The minimum Gasteiger partial charge on any atom is -0.338 e. The first-order valence-corrected chi connectivity index (χ1v) is 7.68. The summed E-state index contributed by atoms with van der Waals surface area (Å²) in [7, 11) is 1.64. The summed E-state index contributed by atoms with van der Waals surface area (Å²) in [6, 6.07) is 8.85. The predicted molar refractivity (Wildman–Crippen MR) is 87.6 cm³/mol. The van der Waals surface area contributed by atoms with Crippen LogP contribution in [0, 0.1) is 23.1 Å². The number of benzene rings is 1. The Morgan fingerprint density at radius 2 is 2.20 bits per heavy atom. The summed E-state index contributed by atoms with van der Waals surface area (Å²) in [4.78, 5) is 30.4. The van der Waals surface area contributed by atoms with Crippen LogP contribution in [0.15, 0.2) is 42.7 Å². The van der Waals surface area contributed by atoms with E-state index in [4.69, 9.17) is 5.26 Å². The molecule has 2 atom stereocenters. The highest BCUT2D eigenvalue weighted by Crippen LogP contribution is 2.37. The molecule has 1 N–H and O–H groups in total. The van der Waals surface area contributed by atoms with Gasteiger partial charge in [-0.25, -0.2) is 4.39 Å². The number of nitriles is 1. The maximum absolute atomic E-state index is 13.7. The molecule has 6 nitrogen and oxygen atoms in total. The van der Waals surface area contributed by atoms with Gasteiger partial charge in [0, 0.05) is 25.9 Å². The van der Waals surface area contributed by atoms with Gasteiger partial charge >= 0.3 is 0 Å². The van der Waals surface area contributed by atoms with E-state index in [1.54, 1.807) is 37.6 Å². The molecule has 0 unspecified atom stereocenters. The molecule has 1 aliphatic rings. The fraction of sp³-hybridized carbons (Fsp3) is 0.222. The van der Waals surface area contributed by atoms with Crippen LogP contribution in [-0.2, 0) is 9.59 Å². The van der Waals surface area contributed by atoms with Gasteiger partial charge in [0.15, 0.2) is 0 Å². The van der Waals surface area contributed by atoms with Crippen LogP contribution in [0.1, 0.15) is 23.6 Å². The SMILES string of the molecule is CN1C(=O)C[C@@H](C(=O)Nc2cccc(F)c2C#N)[C@H]1c1cccnc1. The molecule has 1 aliphatic heterocycles. The van der Waals surface area contributed by atoms with Gasteiger partial charge in [-0.2, -0.15) is 5.26 Å². The van der Waals surface area contributed by atoms with E-state index < -0.39 is 23.7 Å². The predicted octanol–water partition coefficient (Wildman–Crippen LogP) is 2.25. The lowest BCUT2D eigenvalue weighted by Crippen LogP contribution is -2.30. The van der Waals surface area contributed by atoms with Gasteiger partial charge in [0.25, 0.3) is 0 Å². The summed E-state index contributed by atoms with van der Waals surface area (Å²) in [5, 5.41) is 11.7. The molecule has 0 radical (unpaired) electrons. The van der Waals surface area contributed by atoms with Crippen LogP contribution in [0.25, 0.3) is 0 Å². The summed E-state index contributed by atoms with van der Waals surface area (Å²) in [5.74, 6) is -1.96. The second-order valence-corrected chi connectivity index (χ2v) is 5.81. The zero-order valence-electron chi connectivity index (χ0n) is 13.4. The van der Waals surface area contributed by atoms with Crippen molar-refractivity contribution in [3.8, 4) is 6.07 Å². The summed E-state index contributed by atoms with van der Waals surface area (Å²) >= 11 is 0. The molecular formula is C18H15FN4O2. The molecule has 1 aromatic heterocycles. The number of nitrogens with one attached hydrogen (secondary N) is 1. The minimum absolute atomic E-state index is 0.0408. The van der Waals surface area contributed by atoms with Crippen LogP contribution in [0.4, 0.5) is 10.1 Å². The zero-order valence-corrected chi connectivity index (χ0v) is 13.4. The van der Waals surface area contributed by atoms with E-state index in [0.717, 1.165) is 11.6 Å². The van der Waals surface area contributed by atoms with Gasteiger partial charge in [-0.3, -0.25) is 14.6 Å². The van der Waals surface area contributed by atoms with Gasteiger partial charge in [0.1, 0.15) is 17.4 Å². The first-order valence-electron chi connectivity index (χ1n) is 7.68. The molecule has 0 saturated carbocycles. The molecule has 126 valence electrons. The number of aromatic nitrogens is 1. The number of likely N-dealkylation sites (tertiary alicyclic amines) is 1. The van der Waals surface area contributed by atoms with Gasteiger partial charge in [0.05, 0.1) is 17.6 Å². The molecule has 2 heterocycles. The molecule has 2 amide bonds. The number of carbonyl (C=O) groups is 2. The number of rotatable bonds is 3. The lowest BCUT2D eigenvalue weighted by atomic mass is 9.93. The van der Waals surface area contributed by atoms with Gasteiger partial charge in [-0.15, -0.1) is 0 Å². The first kappa shape index (κ1) is 16.6. The third-order valence-corrected chi connectivity index (χ3v) is 4.33. The lowest BCUT2D eigenvalue weighted by Gasteiger charge is -2.24. The number of carbonyl (C=O) groups excluding carboxylic acids is 2. The highest BCUT2D eigenvalue weighted by molar-refractivity contribution is 5.98. The van der Waals surface area contributed by atoms with Crippen molar-refractivity contribution in [1.82, 2.24) is 9.88 Å². The summed E-state index contributed by atoms with van der Waals surface area (Å²) in [5.41, 5.74) is 0.613. The molecule has 0 bridgehead atoms. The molecule has 1 saturated heterocycles. The molecule has 0 spiro atoms. The number of hydrogen-bond acceptors (Lipinski definition) is 4. The second-order valence-electron chi connectivity index (χ2n) is 5.81. The van der Waals surface area contributed by atoms with Crippen molar-refractivity contribution in [2.45, 2.75) is 12.5 Å². The van der Waals surface area contributed by atoms with E-state index in [1.807, 2.05) is 0 Å². The monoisotopic (exact) mass is 338 g/mol. The molecule has 3 rings (SSSR count). The molecule has 1 fully saturated rings. The highest BCUT2D eigenvalue weighted by Gasteiger charge is 2.42. The number of anilines is 1. The largest absolute Gasteiger partial charge is 0.338 e. The van der Waals surface area contributed by atoms with E-state index in [2.05, 4.69) is 10.3 Å². The average molecular weight is 338 g/mol. The first-order chi connectivity index (χ1) is 12.0. The van der Waals surface area contributed by atoms with Crippen LogP contribution in [-0.4, -0.2) is 28.7 Å². The Labute approximate surface area is 143 Å². The summed E-state index contributed by atoms with van der Waals surface area (Å²) < 4.78 is 13.7. The quantitative estimate of drug-likeness (QED) is 0.930. The Kier molecular flexibility index (Phi) is 4.44. The highest BCUT2D eigenvalue weighted by atomic mass is 19.1. The second kappa shape index (κ2) is 6.69. The third kappa shape index (κ3) is 3.06. The number of halogens is 1. The fourth-order valence-corrected chi connectivity index (χ4v) is 3.08. The molecular weight excluding hydrogens is 323 g/mol. The Morgan fingerprint density at radius 1 is 1.40 bits per heavy atom. The van der Waals surface area contributed by atoms with E-state index in [-0.39, 0.29) is 23.6 Å². The van der Waals surface area contributed by atoms with Gasteiger partial charge in [-0.05, 0) is 23.8 Å². The molecule has 7 heteroatoms.